The van der Waals surface area contributed by atoms with Gasteiger partial charge in [-0.25, -0.2) is 9.58 Å². The highest BCUT2D eigenvalue weighted by Crippen LogP contribution is 2.48. The van der Waals surface area contributed by atoms with Crippen molar-refractivity contribution in [2.75, 3.05) is 45.7 Å². The molecule has 362 valence electrons. The minimum Gasteiger partial charge on any atom is -0.505 e. The Hall–Kier alpha value is -5.85. The second kappa shape index (κ2) is 20.2. The second-order valence-corrected chi connectivity index (χ2v) is 17.9. The summed E-state index contributed by atoms with van der Waals surface area (Å²) in [4.78, 5) is 60.5. The molecule has 1 amide bonds. The number of esters is 1. The number of allylic oxidation sites excluding steroid dienone is 2. The number of methoxy groups -OCH3 is 1. The maximum Gasteiger partial charge on any atom is 0.312 e. The summed E-state index contributed by atoms with van der Waals surface area (Å²) in [5.74, 6) is -6.82. The summed E-state index contributed by atoms with van der Waals surface area (Å²) in [6.45, 7) is 19.5. The number of fused-ring (bicyclic) bond motifs is 5. The van der Waals surface area contributed by atoms with Gasteiger partial charge in [-0.15, -0.1) is 0 Å². The SMILES string of the molecule is CC[N+](CC)(CCOc1ccc2nc3c(oc2c1)c1c(O)c2c(=O)c(C)c4c(c23)C(=O)[C@@](C)(O/C=C/[C@H](OC)[C@@H](C)[C@@H](OC(C)=O)[C@H](C)[C@H](O)[C@H](C)[C@@H](O)[C@@H](C)/C=C/C=C(/C)C(=O)N1)O4)NC. The average molecular weight is 930 g/mol. The van der Waals surface area contributed by atoms with Crippen LogP contribution in [0.15, 0.2) is 63.6 Å². The normalized spacial score (nSPS) is 28.2. The highest BCUT2D eigenvalue weighted by molar-refractivity contribution is 6.26. The van der Waals surface area contributed by atoms with Crippen LogP contribution in [-0.2, 0) is 23.8 Å². The van der Waals surface area contributed by atoms with Gasteiger partial charge in [0.1, 0.15) is 47.5 Å². The van der Waals surface area contributed by atoms with Crippen LogP contribution in [0.25, 0.3) is 33.0 Å². The summed E-state index contributed by atoms with van der Waals surface area (Å²) in [6, 6.07) is 5.03. The molecule has 4 aromatic rings. The van der Waals surface area contributed by atoms with E-state index < -0.39 is 82.7 Å². The van der Waals surface area contributed by atoms with Gasteiger partial charge in [-0.2, -0.15) is 5.43 Å². The van der Waals surface area contributed by atoms with Gasteiger partial charge in [-0.3, -0.25) is 19.2 Å². The number of benzene rings is 3. The van der Waals surface area contributed by atoms with Crippen molar-refractivity contribution in [3.05, 3.63) is 75.7 Å². The standard InChI is InChI=1S/C50H64N4O13/c1-13-54(14-2,51-11)21-23-63-32-18-19-33-35(24-32)66-47-39(52-33)36-37-43(58)30(8)46-38(36)48(60)50(10,67-46)64-22-20-34(62-12)27(5)45(65-31(9)55)29(7)42(57)28(6)41(56)25(3)16-15-17-26(4)49(61)53-40(47)44(37)59/h15-20,22,24-25,27-29,34,41-42,45,51,56-57H,13-14,21,23H2,1-12H3,(H-,52,53,58,59,60,61)/p+1/b16-15+,22-20+,26-17-/t25-,27+,28+,29+,34-,41-,42+,45+,50-/m0/s1. The number of hydrogen-bond donors (Lipinski definition) is 5. The van der Waals surface area contributed by atoms with Crippen LogP contribution < -0.4 is 25.6 Å². The Balaban J connectivity index is 1.56. The van der Waals surface area contributed by atoms with E-state index in [1.165, 1.54) is 53.2 Å². The third-order valence-corrected chi connectivity index (χ3v) is 13.8. The Morgan fingerprint density at radius 1 is 1.00 bits per heavy atom. The van der Waals surface area contributed by atoms with Crippen LogP contribution in [0.3, 0.4) is 0 Å². The molecule has 2 aliphatic heterocycles. The Kier molecular flexibility index (Phi) is 15.2. The first kappa shape index (κ1) is 50.6. The van der Waals surface area contributed by atoms with Crippen molar-refractivity contribution in [2.24, 2.45) is 23.7 Å². The van der Waals surface area contributed by atoms with E-state index in [1.807, 2.05) is 7.05 Å². The van der Waals surface area contributed by atoms with Gasteiger partial charge in [0.15, 0.2) is 22.3 Å². The number of aromatic hydroxyl groups is 1. The molecule has 5 bridgehead atoms. The number of nitrogens with zero attached hydrogens (tertiary/aromatic N) is 2. The summed E-state index contributed by atoms with van der Waals surface area (Å²) < 4.78 is 37.2. The van der Waals surface area contributed by atoms with E-state index in [1.54, 1.807) is 58.0 Å². The number of Topliss-reactive ketones (excluding diaryl/α,β-unsaturated/α-hetero) is 1. The number of rotatable bonds is 9. The van der Waals surface area contributed by atoms with E-state index in [2.05, 4.69) is 24.6 Å². The summed E-state index contributed by atoms with van der Waals surface area (Å²) in [7, 11) is 3.35. The Bertz CT molecular complexity index is 2700. The molecule has 0 aliphatic carbocycles. The molecule has 0 saturated heterocycles. The van der Waals surface area contributed by atoms with E-state index in [-0.39, 0.29) is 55.6 Å². The zero-order valence-corrected chi connectivity index (χ0v) is 40.4. The number of quaternary nitrogens is 1. The maximum atomic E-state index is 14.8. The van der Waals surface area contributed by atoms with Gasteiger partial charge in [0, 0.05) is 74.3 Å². The van der Waals surface area contributed by atoms with Gasteiger partial charge < -0.3 is 48.7 Å². The molecular formula is C50H65N4O13+. The fourth-order valence-corrected chi connectivity index (χ4v) is 9.18. The molecule has 6 rings (SSSR count). The van der Waals surface area contributed by atoms with Crippen molar-refractivity contribution in [1.82, 2.24) is 10.4 Å². The Labute approximate surface area is 389 Å². The van der Waals surface area contributed by atoms with Gasteiger partial charge in [0.25, 0.3) is 11.7 Å². The van der Waals surface area contributed by atoms with E-state index >= 15 is 0 Å². The quantitative estimate of drug-likeness (QED) is 0.0307. The predicted octanol–water partition coefficient (Wildman–Crippen LogP) is 6.37. The molecule has 0 spiro atoms. The number of ketones is 1. The van der Waals surface area contributed by atoms with Crippen molar-refractivity contribution in [1.29, 1.82) is 0 Å². The molecular weight excluding hydrogens is 865 g/mol. The molecule has 3 aromatic carbocycles. The molecule has 5 N–H and O–H groups in total. The number of nitrogens with one attached hydrogen (secondary N) is 2. The number of hydrogen-bond acceptors (Lipinski definition) is 15. The molecule has 3 heterocycles. The molecule has 2 aliphatic rings. The van der Waals surface area contributed by atoms with E-state index in [9.17, 15) is 34.5 Å². The number of aliphatic hydroxyl groups is 2. The number of phenols is 1. The Morgan fingerprint density at radius 3 is 2.34 bits per heavy atom. The van der Waals surface area contributed by atoms with Crippen molar-refractivity contribution in [3.8, 4) is 17.2 Å². The molecule has 0 radical (unpaired) electrons. The molecule has 1 aromatic heterocycles. The first-order valence-electron chi connectivity index (χ1n) is 22.8. The van der Waals surface area contributed by atoms with Crippen LogP contribution in [-0.4, -0.2) is 113 Å². The van der Waals surface area contributed by atoms with Crippen LogP contribution in [0, 0.1) is 30.6 Å². The summed E-state index contributed by atoms with van der Waals surface area (Å²) >= 11 is 0. The fraction of sp³-hybridized carbons (Fsp3) is 0.500. The van der Waals surface area contributed by atoms with Crippen molar-refractivity contribution in [3.63, 3.8) is 0 Å². The van der Waals surface area contributed by atoms with Gasteiger partial charge in [0.2, 0.25) is 0 Å². The summed E-state index contributed by atoms with van der Waals surface area (Å²) in [5.41, 5.74) is 2.82. The number of aromatic nitrogens is 1. The molecule has 0 saturated carbocycles. The minimum absolute atomic E-state index is 0.0110. The number of ether oxygens (including phenoxy) is 5. The molecule has 17 nitrogen and oxygen atoms in total. The summed E-state index contributed by atoms with van der Waals surface area (Å²) in [6.07, 6.45) is 3.60. The minimum atomic E-state index is -2.05. The number of anilines is 1. The maximum absolute atomic E-state index is 14.8. The van der Waals surface area contributed by atoms with Crippen molar-refractivity contribution >= 4 is 56.3 Å². The monoisotopic (exact) mass is 929 g/mol. The lowest BCUT2D eigenvalue weighted by atomic mass is 9.78. The van der Waals surface area contributed by atoms with E-state index in [0.717, 1.165) is 13.1 Å². The first-order valence-corrected chi connectivity index (χ1v) is 22.8. The van der Waals surface area contributed by atoms with E-state index in [0.29, 0.717) is 29.0 Å². The lowest BCUT2D eigenvalue weighted by molar-refractivity contribution is -0.964. The number of likely N-dealkylation sites (N-methyl/N-ethyl adjacent to an activating group) is 1. The number of aliphatic hydroxyl groups excluding tert-OH is 2. The third-order valence-electron chi connectivity index (χ3n) is 13.8. The number of phenolic OH excluding ortho intramolecular Hbond substituents is 1. The van der Waals surface area contributed by atoms with Crippen LogP contribution in [0.2, 0.25) is 0 Å². The van der Waals surface area contributed by atoms with Crippen LogP contribution >= 0.6 is 0 Å². The molecule has 0 unspecified atom stereocenters. The van der Waals surface area contributed by atoms with E-state index in [4.69, 9.17) is 33.1 Å². The highest BCUT2D eigenvalue weighted by atomic mass is 16.7. The number of amides is 1. The number of carbonyl (C=O) groups is 3. The fourth-order valence-electron chi connectivity index (χ4n) is 9.18. The van der Waals surface area contributed by atoms with Crippen LogP contribution in [0.1, 0.15) is 78.2 Å². The van der Waals surface area contributed by atoms with Crippen LogP contribution in [0.5, 0.6) is 17.2 Å². The molecule has 17 heteroatoms. The summed E-state index contributed by atoms with van der Waals surface area (Å²) in [5, 5.41) is 37.5. The molecule has 9 atom stereocenters. The molecule has 67 heavy (non-hydrogen) atoms. The lowest BCUT2D eigenvalue weighted by Crippen LogP contribution is -2.58. The van der Waals surface area contributed by atoms with Gasteiger partial charge >= 0.3 is 11.8 Å². The smallest absolute Gasteiger partial charge is 0.312 e. The highest BCUT2D eigenvalue weighted by Gasteiger charge is 2.49. The first-order chi connectivity index (χ1) is 31.7. The third kappa shape index (κ3) is 9.65. The Morgan fingerprint density at radius 2 is 1.70 bits per heavy atom. The van der Waals surface area contributed by atoms with Crippen molar-refractivity contribution in [2.45, 2.75) is 99.4 Å². The van der Waals surface area contributed by atoms with Gasteiger partial charge in [-0.1, -0.05) is 45.9 Å². The zero-order valence-electron chi connectivity index (χ0n) is 40.4. The lowest BCUT2D eigenvalue weighted by Gasteiger charge is -2.38. The van der Waals surface area contributed by atoms with Crippen molar-refractivity contribution < 1.29 is 62.4 Å². The topological polar surface area (TPSA) is 225 Å². The predicted molar refractivity (Wildman–Crippen MR) is 253 cm³/mol. The zero-order chi connectivity index (χ0) is 49.3. The van der Waals surface area contributed by atoms with Gasteiger partial charge in [-0.05, 0) is 45.9 Å². The molecule has 0 fully saturated rings. The van der Waals surface area contributed by atoms with Gasteiger partial charge in [0.05, 0.1) is 48.6 Å². The number of carbonyl (C=O) groups excluding carboxylic acids is 3. The average Bonchev–Trinajstić information content (AvgIpc) is 3.57. The second-order valence-electron chi connectivity index (χ2n) is 17.9. The van der Waals surface area contributed by atoms with Crippen LogP contribution in [0.4, 0.5) is 5.69 Å². The largest absolute Gasteiger partial charge is 0.505 e.